The summed E-state index contributed by atoms with van der Waals surface area (Å²) in [6, 6.07) is 50.8. The van der Waals surface area contributed by atoms with E-state index < -0.39 is 5.41 Å². The lowest BCUT2D eigenvalue weighted by Gasteiger charge is -2.33. The van der Waals surface area contributed by atoms with Crippen molar-refractivity contribution < 1.29 is 28.2 Å². The Morgan fingerprint density at radius 1 is 0.500 bits per heavy atom. The van der Waals surface area contributed by atoms with Gasteiger partial charge in [-0.25, -0.2) is 0 Å². The van der Waals surface area contributed by atoms with E-state index in [2.05, 4.69) is 0 Å². The summed E-state index contributed by atoms with van der Waals surface area (Å²) in [4.78, 5) is 32.2. The lowest BCUT2D eigenvalue weighted by molar-refractivity contribution is 0.0900. The number of furan rings is 1. The Morgan fingerprint density at radius 2 is 0.981 bits per heavy atom. The molecule has 1 atom stereocenters. The van der Waals surface area contributed by atoms with Crippen LogP contribution < -0.4 is 14.2 Å². The summed E-state index contributed by atoms with van der Waals surface area (Å²) in [5.41, 5.74) is 3.62. The van der Waals surface area contributed by atoms with Crippen molar-refractivity contribution in [2.24, 2.45) is 0 Å². The van der Waals surface area contributed by atoms with Gasteiger partial charge in [0.15, 0.2) is 11.6 Å². The number of fused-ring (bicyclic) bond motifs is 1. The molecule has 0 fully saturated rings. The van der Waals surface area contributed by atoms with Crippen molar-refractivity contribution in [3.63, 3.8) is 0 Å². The monoisotopic (exact) mass is 708 g/mol. The summed E-state index contributed by atoms with van der Waals surface area (Å²) in [5, 5.41) is 0. The summed E-state index contributed by atoms with van der Waals surface area (Å²) in [5.74, 6) is 1.56. The highest BCUT2D eigenvalue weighted by Crippen LogP contribution is 2.62. The first-order valence-corrected chi connectivity index (χ1v) is 17.6. The fourth-order valence-electron chi connectivity index (χ4n) is 7.79. The highest BCUT2D eigenvalue weighted by molar-refractivity contribution is 6.29. The van der Waals surface area contributed by atoms with Gasteiger partial charge in [0, 0.05) is 27.8 Å². The number of carbonyl (C=O) groups excluding carboxylic acids is 2. The molecule has 264 valence electrons. The number of rotatable bonds is 11. The standard InChI is InChI=1S/C48H36O6/c1-51-37-28-16-13-25-34(37)44(49)42-40(31-19-7-4-8-20-31)41-43(45(32-21-9-5-10-22-32)54-46(41)35-26-14-17-29-38(35)52-2)48(42,33-23-11-6-12-24-33)47(50)36-27-15-18-30-39(36)53-3/h4-30H,1-3H3/t48-/m1/s1. The van der Waals surface area contributed by atoms with Crippen LogP contribution in [0.4, 0.5) is 0 Å². The van der Waals surface area contributed by atoms with Gasteiger partial charge in [0.25, 0.3) is 0 Å². The van der Waals surface area contributed by atoms with Gasteiger partial charge >= 0.3 is 0 Å². The van der Waals surface area contributed by atoms with E-state index in [9.17, 15) is 0 Å². The fourth-order valence-corrected chi connectivity index (χ4v) is 7.79. The number of allylic oxidation sites excluding steroid dienone is 1. The second-order valence-corrected chi connectivity index (χ2v) is 12.9. The van der Waals surface area contributed by atoms with Crippen LogP contribution in [0, 0.1) is 0 Å². The minimum absolute atomic E-state index is 0.273. The highest BCUT2D eigenvalue weighted by atomic mass is 16.5. The molecule has 1 aromatic heterocycles. The lowest BCUT2D eigenvalue weighted by Crippen LogP contribution is -2.41. The van der Waals surface area contributed by atoms with Gasteiger partial charge in [0.05, 0.1) is 38.0 Å². The Hall–Kier alpha value is -6.92. The lowest BCUT2D eigenvalue weighted by atomic mass is 9.64. The van der Waals surface area contributed by atoms with E-state index in [1.165, 1.54) is 0 Å². The summed E-state index contributed by atoms with van der Waals surface area (Å²) in [6.45, 7) is 0. The molecule has 0 radical (unpaired) electrons. The third-order valence-corrected chi connectivity index (χ3v) is 10.1. The molecule has 1 heterocycles. The van der Waals surface area contributed by atoms with E-state index in [-0.39, 0.29) is 17.1 Å². The molecule has 54 heavy (non-hydrogen) atoms. The van der Waals surface area contributed by atoms with Gasteiger partial charge in [-0.05, 0) is 47.5 Å². The Kier molecular flexibility index (Phi) is 9.02. The normalized spacial score (nSPS) is 14.7. The van der Waals surface area contributed by atoms with Gasteiger partial charge in [-0.3, -0.25) is 9.59 Å². The zero-order chi connectivity index (χ0) is 37.2. The first kappa shape index (κ1) is 34.2. The molecular weight excluding hydrogens is 673 g/mol. The zero-order valence-corrected chi connectivity index (χ0v) is 30.0. The molecule has 6 heteroatoms. The molecule has 0 saturated carbocycles. The molecule has 0 aliphatic heterocycles. The van der Waals surface area contributed by atoms with Crippen LogP contribution in [0.3, 0.4) is 0 Å². The number of hydrogen-bond acceptors (Lipinski definition) is 6. The predicted molar refractivity (Wildman–Crippen MR) is 210 cm³/mol. The van der Waals surface area contributed by atoms with Gasteiger partial charge in [-0.15, -0.1) is 0 Å². The SMILES string of the molecule is COc1ccccc1C(=O)C1=C(c2ccccc2)c2c(-c3ccccc3OC)oc(-c3ccccc3)c2[C@@]1(C(=O)c1ccccc1OC)c1ccccc1. The molecule has 6 nitrogen and oxygen atoms in total. The van der Waals surface area contributed by atoms with E-state index in [1.54, 1.807) is 51.7 Å². The van der Waals surface area contributed by atoms with Crippen molar-refractivity contribution in [1.29, 1.82) is 0 Å². The molecule has 1 aliphatic carbocycles. The first-order chi connectivity index (χ1) is 26.5. The van der Waals surface area contributed by atoms with Crippen LogP contribution in [0.15, 0.2) is 174 Å². The van der Waals surface area contributed by atoms with Crippen molar-refractivity contribution in [2.75, 3.05) is 21.3 Å². The minimum Gasteiger partial charge on any atom is -0.496 e. The molecule has 6 aromatic carbocycles. The summed E-state index contributed by atoms with van der Waals surface area (Å²) >= 11 is 0. The molecule has 0 N–H and O–H groups in total. The Balaban J connectivity index is 1.66. The van der Waals surface area contributed by atoms with Gasteiger partial charge in [0.1, 0.15) is 34.2 Å². The number of benzene rings is 6. The molecule has 0 bridgehead atoms. The highest BCUT2D eigenvalue weighted by Gasteiger charge is 2.59. The van der Waals surface area contributed by atoms with Crippen molar-refractivity contribution in [1.82, 2.24) is 0 Å². The van der Waals surface area contributed by atoms with Gasteiger partial charge in [-0.1, -0.05) is 127 Å². The van der Waals surface area contributed by atoms with Crippen LogP contribution in [-0.4, -0.2) is 32.9 Å². The van der Waals surface area contributed by atoms with Crippen molar-refractivity contribution in [3.8, 4) is 39.9 Å². The molecule has 0 amide bonds. The van der Waals surface area contributed by atoms with Gasteiger partial charge < -0.3 is 18.6 Å². The van der Waals surface area contributed by atoms with Crippen LogP contribution >= 0.6 is 0 Å². The maximum absolute atomic E-state index is 16.3. The maximum atomic E-state index is 16.3. The van der Waals surface area contributed by atoms with Crippen molar-refractivity contribution >= 4 is 17.1 Å². The maximum Gasteiger partial charge on any atom is 0.195 e. The molecular formula is C48H36O6. The zero-order valence-electron chi connectivity index (χ0n) is 30.0. The smallest absolute Gasteiger partial charge is 0.195 e. The first-order valence-electron chi connectivity index (χ1n) is 17.6. The molecule has 0 saturated heterocycles. The van der Waals surface area contributed by atoms with Crippen LogP contribution in [0.2, 0.25) is 0 Å². The van der Waals surface area contributed by atoms with E-state index in [4.69, 9.17) is 18.6 Å². The van der Waals surface area contributed by atoms with E-state index in [0.29, 0.717) is 67.7 Å². The largest absolute Gasteiger partial charge is 0.496 e. The Labute approximate surface area is 313 Å². The van der Waals surface area contributed by atoms with E-state index >= 15 is 9.59 Å². The number of Topliss-reactive ketones (excluding diaryl/α,β-unsaturated/α-hetero) is 2. The number of ketones is 2. The summed E-state index contributed by atoms with van der Waals surface area (Å²) < 4.78 is 24.7. The number of ether oxygens (including phenoxy) is 3. The average Bonchev–Trinajstić information content (AvgIpc) is 3.79. The van der Waals surface area contributed by atoms with Crippen LogP contribution in [0.5, 0.6) is 17.2 Å². The third-order valence-electron chi connectivity index (χ3n) is 10.1. The topological polar surface area (TPSA) is 75.0 Å². The average molecular weight is 709 g/mol. The van der Waals surface area contributed by atoms with Gasteiger partial charge in [0.2, 0.25) is 0 Å². The second kappa shape index (κ2) is 14.2. The van der Waals surface area contributed by atoms with Crippen LogP contribution in [0.25, 0.3) is 28.2 Å². The number of para-hydroxylation sites is 3. The molecule has 0 unspecified atom stereocenters. The summed E-state index contributed by atoms with van der Waals surface area (Å²) in [7, 11) is 4.70. The quantitative estimate of drug-likeness (QED) is 0.125. The molecule has 1 aliphatic rings. The second-order valence-electron chi connectivity index (χ2n) is 12.9. The van der Waals surface area contributed by atoms with E-state index in [1.807, 2.05) is 133 Å². The number of methoxy groups -OCH3 is 3. The van der Waals surface area contributed by atoms with Crippen LogP contribution in [0.1, 0.15) is 43.0 Å². The van der Waals surface area contributed by atoms with E-state index in [0.717, 1.165) is 11.1 Å². The molecule has 8 rings (SSSR count). The third kappa shape index (κ3) is 5.34. The molecule has 0 spiro atoms. The fraction of sp³-hybridized carbons (Fsp3) is 0.0833. The predicted octanol–water partition coefficient (Wildman–Crippen LogP) is 10.5. The minimum atomic E-state index is -1.76. The Bertz CT molecular complexity index is 2530. The van der Waals surface area contributed by atoms with Crippen molar-refractivity contribution in [3.05, 3.63) is 203 Å². The van der Waals surface area contributed by atoms with Crippen molar-refractivity contribution in [2.45, 2.75) is 5.41 Å². The number of carbonyl (C=O) groups is 2. The Morgan fingerprint density at radius 3 is 1.59 bits per heavy atom. The summed E-state index contributed by atoms with van der Waals surface area (Å²) in [6.07, 6.45) is 0. The van der Waals surface area contributed by atoms with Crippen LogP contribution in [-0.2, 0) is 5.41 Å². The molecule has 7 aromatic rings. The number of hydrogen-bond donors (Lipinski definition) is 0. The van der Waals surface area contributed by atoms with Gasteiger partial charge in [-0.2, -0.15) is 0 Å².